The van der Waals surface area contributed by atoms with Gasteiger partial charge in [-0.15, -0.1) is 11.3 Å². The molecule has 16 nitrogen and oxygen atoms in total. The highest BCUT2D eigenvalue weighted by Gasteiger charge is 2.55. The molecule has 0 bridgehead atoms. The molecule has 0 aromatic carbocycles. The third kappa shape index (κ3) is 5.23. The summed E-state index contributed by atoms with van der Waals surface area (Å²) >= 11 is 0.920. The molecule has 1 aromatic rings. The second kappa shape index (κ2) is 9.19. The summed E-state index contributed by atoms with van der Waals surface area (Å²) in [5, 5.41) is 16.3. The molecule has 0 spiro atoms. The summed E-state index contributed by atoms with van der Waals surface area (Å²) < 4.78 is 32.8. The first-order valence-corrected chi connectivity index (χ1v) is 12.1. The number of hydrogen-bond acceptors (Lipinski definition) is 12. The monoisotopic (exact) mass is 532 g/mol. The van der Waals surface area contributed by atoms with E-state index >= 15 is 0 Å². The minimum atomic E-state index is -5.08. The predicted molar refractivity (Wildman–Crippen MR) is 116 cm³/mol. The molecule has 2 aliphatic rings. The van der Waals surface area contributed by atoms with Gasteiger partial charge in [0.05, 0.1) is 12.6 Å². The Morgan fingerprint density at radius 3 is 2.40 bits per heavy atom. The van der Waals surface area contributed by atoms with Crippen LogP contribution in [-0.4, -0.2) is 91.8 Å². The van der Waals surface area contributed by atoms with Crippen molar-refractivity contribution in [1.29, 1.82) is 0 Å². The summed E-state index contributed by atoms with van der Waals surface area (Å²) in [6, 6.07) is -3.11. The summed E-state index contributed by atoms with van der Waals surface area (Å²) in [5.41, 5.74) is 2.99. The van der Waals surface area contributed by atoms with Gasteiger partial charge in [-0.1, -0.05) is 5.16 Å². The molecule has 2 aliphatic heterocycles. The molecule has 0 aliphatic carbocycles. The number of likely N-dealkylation sites (tertiary alicyclic amines) is 1. The second-order valence-corrected chi connectivity index (χ2v) is 10.1. The van der Waals surface area contributed by atoms with E-state index in [9.17, 15) is 42.0 Å². The van der Waals surface area contributed by atoms with E-state index in [4.69, 9.17) is 10.6 Å². The second-order valence-electron chi connectivity index (χ2n) is 7.95. The van der Waals surface area contributed by atoms with Gasteiger partial charge in [0.1, 0.15) is 11.7 Å². The van der Waals surface area contributed by atoms with Crippen LogP contribution < -0.4 is 11.1 Å². The third-order valence-electron chi connectivity index (χ3n) is 5.09. The topological polar surface area (TPSA) is 239 Å². The molecule has 190 valence electrons. The maximum Gasteiger partial charge on any atom is 0.362 e. The van der Waals surface area contributed by atoms with Gasteiger partial charge in [-0.05, 0) is 13.8 Å². The summed E-state index contributed by atoms with van der Waals surface area (Å²) in [5.74, 6) is -5.00. The highest BCUT2D eigenvalue weighted by atomic mass is 32.2. The summed E-state index contributed by atoms with van der Waals surface area (Å²) in [4.78, 5) is 70.2. The van der Waals surface area contributed by atoms with E-state index in [1.807, 2.05) is 0 Å². The number of β-lactam (4-membered cyclic amide) rings is 1. The fourth-order valence-electron chi connectivity index (χ4n) is 3.16. The average Bonchev–Trinajstić information content (AvgIpc) is 3.30. The van der Waals surface area contributed by atoms with Crippen LogP contribution in [0.5, 0.6) is 0 Å². The molecule has 4 amide bonds. The lowest BCUT2D eigenvalue weighted by atomic mass is 9.97. The smallest absolute Gasteiger partial charge is 0.362 e. The number of oxime groups is 1. The van der Waals surface area contributed by atoms with Gasteiger partial charge in [-0.25, -0.2) is 14.1 Å². The highest BCUT2D eigenvalue weighted by Crippen LogP contribution is 2.27. The molecule has 5 N–H and O–H groups in total. The fourth-order valence-corrected chi connectivity index (χ4v) is 4.58. The molecule has 2 fully saturated rings. The lowest BCUT2D eigenvalue weighted by Gasteiger charge is -2.45. The lowest BCUT2D eigenvalue weighted by molar-refractivity contribution is -0.161. The van der Waals surface area contributed by atoms with Gasteiger partial charge in [-0.3, -0.25) is 28.6 Å². The van der Waals surface area contributed by atoms with Crippen LogP contribution in [0.1, 0.15) is 32.4 Å². The number of aromatic nitrogens is 1. The maximum atomic E-state index is 13.0. The minimum absolute atomic E-state index is 0.0270. The van der Waals surface area contributed by atoms with E-state index in [0.29, 0.717) is 0 Å². The summed E-state index contributed by atoms with van der Waals surface area (Å²) in [6.45, 7) is 1.71. The number of nitrogens with zero attached hydrogens (tertiary/aromatic N) is 4. The Hall–Kier alpha value is -3.64. The van der Waals surface area contributed by atoms with Gasteiger partial charge >= 0.3 is 16.3 Å². The average molecular weight is 533 g/mol. The Balaban J connectivity index is 1.89. The number of imide groups is 1. The molecule has 35 heavy (non-hydrogen) atoms. The largest absolute Gasteiger partial charge is 0.478 e. The first kappa shape index (κ1) is 26.0. The fraction of sp³-hybridized carbons (Fsp3) is 0.471. The summed E-state index contributed by atoms with van der Waals surface area (Å²) in [7, 11) is -5.08. The van der Waals surface area contributed by atoms with E-state index in [-0.39, 0.29) is 28.0 Å². The van der Waals surface area contributed by atoms with Crippen molar-refractivity contribution in [2.24, 2.45) is 5.16 Å². The number of carboxylic acids is 1. The van der Waals surface area contributed by atoms with E-state index in [2.05, 4.69) is 15.5 Å². The van der Waals surface area contributed by atoms with Gasteiger partial charge in [-0.2, -0.15) is 8.42 Å². The molecule has 3 heterocycles. The Bertz CT molecular complexity index is 1220. The molecule has 2 atom stereocenters. The Morgan fingerprint density at radius 2 is 1.91 bits per heavy atom. The van der Waals surface area contributed by atoms with Crippen molar-refractivity contribution in [2.45, 2.75) is 44.4 Å². The zero-order valence-electron chi connectivity index (χ0n) is 18.2. The van der Waals surface area contributed by atoms with Crippen molar-refractivity contribution < 1.29 is 46.9 Å². The van der Waals surface area contributed by atoms with Crippen LogP contribution in [-0.2, 0) is 39.1 Å². The summed E-state index contributed by atoms with van der Waals surface area (Å²) in [6.07, 6.45) is -0.220. The number of nitrogen functional groups attached to an aromatic ring is 1. The van der Waals surface area contributed by atoms with Crippen LogP contribution in [0.25, 0.3) is 0 Å². The standard InChI is InChI=1S/C17H20N6O10S2/c1-17(2,15(28)29)33-21-11(7-6-34-16(18)19-7)13(26)20-12-8(23(14(12)27)35(30,31)32)5-22-9(24)3-4-10(22)25/h6,8,12H,3-5H2,1-2H3,(H2,18,19)(H,20,26)(H,28,29)(H,30,31,32)/b21-11-/t8-,12+/m1/s1. The van der Waals surface area contributed by atoms with Crippen molar-refractivity contribution in [1.82, 2.24) is 19.5 Å². The number of hydrogen-bond donors (Lipinski definition) is 4. The van der Waals surface area contributed by atoms with Crippen LogP contribution in [0.2, 0.25) is 0 Å². The number of carboxylic acid groups (broad SMARTS) is 1. The van der Waals surface area contributed by atoms with Crippen LogP contribution in [0.4, 0.5) is 5.13 Å². The number of rotatable bonds is 9. The van der Waals surface area contributed by atoms with Gasteiger partial charge in [0.15, 0.2) is 10.8 Å². The first-order valence-electron chi connectivity index (χ1n) is 9.79. The molecular formula is C17H20N6O10S2. The molecule has 0 radical (unpaired) electrons. The normalized spacial score (nSPS) is 21.2. The highest BCUT2D eigenvalue weighted by molar-refractivity contribution is 7.84. The van der Waals surface area contributed by atoms with Crippen molar-refractivity contribution in [3.05, 3.63) is 11.1 Å². The molecule has 0 saturated carbocycles. The van der Waals surface area contributed by atoms with E-state index in [1.54, 1.807) is 0 Å². The predicted octanol–water partition coefficient (Wildman–Crippen LogP) is -2.04. The lowest BCUT2D eigenvalue weighted by Crippen LogP contribution is -2.74. The maximum absolute atomic E-state index is 13.0. The van der Waals surface area contributed by atoms with Crippen LogP contribution >= 0.6 is 11.3 Å². The number of carbonyl (C=O) groups is 5. The number of amides is 4. The SMILES string of the molecule is CC(C)(O/N=C(\C(=O)N[C@@H]1C(=O)N(S(=O)(=O)O)[C@@H]1CN1C(=O)CCC1=O)c1csc(N)n1)C(=O)O. The van der Waals surface area contributed by atoms with Crippen molar-refractivity contribution in [3.63, 3.8) is 0 Å². The Kier molecular flexibility index (Phi) is 6.82. The molecule has 2 saturated heterocycles. The Labute approximate surface area is 201 Å². The first-order chi connectivity index (χ1) is 16.1. The van der Waals surface area contributed by atoms with Crippen LogP contribution in [0.3, 0.4) is 0 Å². The quantitative estimate of drug-likeness (QED) is 0.0884. The van der Waals surface area contributed by atoms with Crippen LogP contribution in [0, 0.1) is 0 Å². The number of nitrogens with one attached hydrogen (secondary N) is 1. The van der Waals surface area contributed by atoms with Crippen molar-refractivity contribution in [2.75, 3.05) is 12.3 Å². The van der Waals surface area contributed by atoms with Crippen molar-refractivity contribution >= 4 is 62.1 Å². The molecule has 0 unspecified atom stereocenters. The third-order valence-corrected chi connectivity index (χ3v) is 6.71. The molecule has 18 heteroatoms. The van der Waals surface area contributed by atoms with Gasteiger partial charge in [0.2, 0.25) is 17.4 Å². The zero-order valence-corrected chi connectivity index (χ0v) is 19.8. The van der Waals surface area contributed by atoms with Gasteiger partial charge in [0.25, 0.3) is 11.8 Å². The van der Waals surface area contributed by atoms with E-state index in [1.165, 1.54) is 5.38 Å². The molecular weight excluding hydrogens is 512 g/mol. The van der Waals surface area contributed by atoms with E-state index in [0.717, 1.165) is 30.1 Å². The van der Waals surface area contributed by atoms with Crippen molar-refractivity contribution in [3.8, 4) is 0 Å². The molecule has 3 rings (SSSR count). The minimum Gasteiger partial charge on any atom is -0.478 e. The number of aliphatic carboxylic acids is 1. The van der Waals surface area contributed by atoms with E-state index < -0.39 is 69.8 Å². The number of carbonyl (C=O) groups excluding carboxylic acids is 4. The zero-order chi connectivity index (χ0) is 26.3. The number of thiazole rings is 1. The van der Waals surface area contributed by atoms with Gasteiger partial charge < -0.3 is 21.0 Å². The number of anilines is 1. The number of nitrogens with two attached hydrogens (primary N) is 1. The van der Waals surface area contributed by atoms with Crippen LogP contribution in [0.15, 0.2) is 10.5 Å². The molecule has 1 aromatic heterocycles. The Morgan fingerprint density at radius 1 is 1.31 bits per heavy atom. The van der Waals surface area contributed by atoms with Gasteiger partial charge in [0, 0.05) is 18.2 Å².